The summed E-state index contributed by atoms with van der Waals surface area (Å²) < 4.78 is 108. The van der Waals surface area contributed by atoms with Crippen LogP contribution in [0, 0.1) is 6.92 Å². The number of H-pyrrole nitrogens is 1. The number of carboxylic acid groups (broad SMARTS) is 2. The summed E-state index contributed by atoms with van der Waals surface area (Å²) in [4.78, 5) is 22.0. The Morgan fingerprint density at radius 1 is 0.889 bits per heavy atom. The lowest BCUT2D eigenvalue weighted by Crippen LogP contribution is -2.30. The van der Waals surface area contributed by atoms with E-state index in [4.69, 9.17) is 30.3 Å². The van der Waals surface area contributed by atoms with Crippen molar-refractivity contribution in [3.05, 3.63) is 77.7 Å². The van der Waals surface area contributed by atoms with E-state index in [2.05, 4.69) is 15.2 Å². The van der Waals surface area contributed by atoms with Crippen LogP contribution in [0.3, 0.4) is 0 Å². The minimum atomic E-state index is -5.08. The highest BCUT2D eigenvalue weighted by molar-refractivity contribution is 5.86. The number of carboxylic acids is 2. The van der Waals surface area contributed by atoms with Crippen LogP contribution in [0.4, 0.5) is 39.5 Å². The molecule has 0 saturated carbocycles. The molecule has 4 aromatic rings. The van der Waals surface area contributed by atoms with Crippen molar-refractivity contribution in [3.63, 3.8) is 0 Å². The number of nitrogens with two attached hydrogens (primary N) is 1. The molecular weight excluding hydrogens is 631 g/mol. The number of carbonyl (C=O) groups is 2. The summed E-state index contributed by atoms with van der Waals surface area (Å²) in [5, 5.41) is 22.5. The second kappa shape index (κ2) is 14.7. The monoisotopic (exact) mass is 654 g/mol. The Kier molecular flexibility index (Phi) is 11.9. The molecule has 1 atom stereocenters. The van der Waals surface area contributed by atoms with E-state index in [0.29, 0.717) is 11.3 Å². The Labute approximate surface area is 247 Å². The van der Waals surface area contributed by atoms with Crippen LogP contribution in [0.2, 0.25) is 0 Å². The third-order valence-corrected chi connectivity index (χ3v) is 5.49. The fraction of sp³-hybridized carbons (Fsp3) is 0.259. The van der Waals surface area contributed by atoms with Crippen molar-refractivity contribution in [2.24, 2.45) is 5.73 Å². The molecule has 0 spiro atoms. The van der Waals surface area contributed by atoms with Crippen LogP contribution < -0.4 is 10.5 Å². The number of hydrogen-bond donors (Lipinski definition) is 4. The second-order valence-electron chi connectivity index (χ2n) is 9.07. The first-order valence-corrected chi connectivity index (χ1v) is 12.2. The Bertz CT molecular complexity index is 1580. The molecule has 5 N–H and O–H groups in total. The number of alkyl halides is 9. The fourth-order valence-electron chi connectivity index (χ4n) is 3.41. The van der Waals surface area contributed by atoms with Gasteiger partial charge in [0, 0.05) is 28.9 Å². The summed E-state index contributed by atoms with van der Waals surface area (Å²) in [6, 6.07) is 12.5. The van der Waals surface area contributed by atoms with E-state index in [9.17, 15) is 39.5 Å². The minimum absolute atomic E-state index is 0.154. The Hall–Kier alpha value is -4.87. The number of ether oxygens (including phenoxy) is 1. The number of aromatic amines is 1. The van der Waals surface area contributed by atoms with Crippen molar-refractivity contribution >= 4 is 22.8 Å². The number of hydrogen-bond acceptors (Lipinski definition) is 6. The number of pyridine rings is 1. The maximum Gasteiger partial charge on any atom is 0.490 e. The van der Waals surface area contributed by atoms with Crippen LogP contribution in [-0.4, -0.2) is 62.3 Å². The van der Waals surface area contributed by atoms with E-state index < -0.39 is 42.1 Å². The van der Waals surface area contributed by atoms with Crippen LogP contribution in [0.1, 0.15) is 16.8 Å². The van der Waals surface area contributed by atoms with Crippen LogP contribution in [-0.2, 0) is 22.2 Å². The van der Waals surface area contributed by atoms with Crippen LogP contribution in [0.15, 0.2) is 60.9 Å². The van der Waals surface area contributed by atoms with Gasteiger partial charge < -0.3 is 20.7 Å². The van der Waals surface area contributed by atoms with E-state index >= 15 is 0 Å². The highest BCUT2D eigenvalue weighted by atomic mass is 19.4. The zero-order valence-corrected chi connectivity index (χ0v) is 22.8. The molecule has 0 aliphatic heterocycles. The van der Waals surface area contributed by atoms with Crippen molar-refractivity contribution in [1.29, 1.82) is 0 Å². The molecule has 0 fully saturated rings. The van der Waals surface area contributed by atoms with Crippen molar-refractivity contribution in [2.45, 2.75) is 37.9 Å². The van der Waals surface area contributed by atoms with Gasteiger partial charge in [-0.1, -0.05) is 24.3 Å². The Balaban J connectivity index is 0.000000421. The number of aliphatic carboxylic acids is 2. The average Bonchev–Trinajstić information content (AvgIpc) is 3.31. The number of nitrogens with one attached hydrogen (secondary N) is 1. The molecule has 2 aromatic carbocycles. The number of aryl methyl sites for hydroxylation is 1. The first-order valence-electron chi connectivity index (χ1n) is 12.2. The predicted octanol–water partition coefficient (Wildman–Crippen LogP) is 6.17. The van der Waals surface area contributed by atoms with Crippen molar-refractivity contribution < 1.29 is 64.1 Å². The van der Waals surface area contributed by atoms with Crippen LogP contribution in [0.5, 0.6) is 5.75 Å². The Morgan fingerprint density at radius 3 is 2.04 bits per heavy atom. The number of fused-ring (bicyclic) bond motifs is 1. The summed E-state index contributed by atoms with van der Waals surface area (Å²) >= 11 is 0. The highest BCUT2D eigenvalue weighted by Crippen LogP contribution is 2.30. The zero-order valence-electron chi connectivity index (χ0n) is 22.8. The van der Waals surface area contributed by atoms with Crippen molar-refractivity contribution in [3.8, 4) is 16.9 Å². The van der Waals surface area contributed by atoms with E-state index in [1.165, 1.54) is 6.07 Å². The third kappa shape index (κ3) is 11.6. The summed E-state index contributed by atoms with van der Waals surface area (Å²) in [5.74, 6) is -4.97. The van der Waals surface area contributed by atoms with Gasteiger partial charge in [-0.15, -0.1) is 0 Å². The van der Waals surface area contributed by atoms with Gasteiger partial charge in [0.25, 0.3) is 0 Å². The molecule has 18 heteroatoms. The van der Waals surface area contributed by atoms with Gasteiger partial charge in [-0.25, -0.2) is 9.59 Å². The maximum absolute atomic E-state index is 12.9. The molecule has 9 nitrogen and oxygen atoms in total. The maximum atomic E-state index is 12.9. The van der Waals surface area contributed by atoms with Crippen molar-refractivity contribution in [1.82, 2.24) is 15.2 Å². The number of benzene rings is 2. The molecule has 2 aromatic heterocycles. The normalized spacial score (nSPS) is 12.3. The number of nitrogens with zero attached hydrogens (tertiary/aromatic N) is 2. The zero-order chi connectivity index (χ0) is 34.2. The number of rotatable bonds is 6. The van der Waals surface area contributed by atoms with Crippen LogP contribution >= 0.6 is 0 Å². The number of halogens is 9. The molecule has 0 aliphatic carbocycles. The second-order valence-corrected chi connectivity index (χ2v) is 9.07. The molecule has 4 rings (SSSR count). The molecule has 0 radical (unpaired) electrons. The average molecular weight is 654 g/mol. The fourth-order valence-corrected chi connectivity index (χ4v) is 3.41. The van der Waals surface area contributed by atoms with E-state index in [0.717, 1.165) is 39.9 Å². The van der Waals surface area contributed by atoms with E-state index in [1.807, 2.05) is 31.2 Å². The summed E-state index contributed by atoms with van der Waals surface area (Å²) in [7, 11) is 0. The summed E-state index contributed by atoms with van der Waals surface area (Å²) in [6.45, 7) is 2.12. The van der Waals surface area contributed by atoms with Gasteiger partial charge in [0.2, 0.25) is 0 Å². The van der Waals surface area contributed by atoms with Crippen LogP contribution in [0.25, 0.3) is 22.0 Å². The minimum Gasteiger partial charge on any atom is -0.490 e. The lowest BCUT2D eigenvalue weighted by molar-refractivity contribution is -0.193. The first kappa shape index (κ1) is 36.3. The van der Waals surface area contributed by atoms with Crippen molar-refractivity contribution in [2.75, 3.05) is 6.61 Å². The van der Waals surface area contributed by atoms with Gasteiger partial charge in [-0.2, -0.15) is 44.6 Å². The summed E-state index contributed by atoms with van der Waals surface area (Å²) in [5.41, 5.74) is 9.66. The third-order valence-electron chi connectivity index (χ3n) is 5.49. The highest BCUT2D eigenvalue weighted by Gasteiger charge is 2.39. The molecule has 244 valence electrons. The Morgan fingerprint density at radius 2 is 1.49 bits per heavy atom. The molecule has 45 heavy (non-hydrogen) atoms. The molecule has 0 saturated heterocycles. The smallest absolute Gasteiger partial charge is 0.490 e. The molecule has 0 amide bonds. The molecule has 0 aliphatic rings. The van der Waals surface area contributed by atoms with E-state index in [1.54, 1.807) is 18.5 Å². The molecule has 2 heterocycles. The molecule has 0 unspecified atom stereocenters. The summed E-state index contributed by atoms with van der Waals surface area (Å²) in [6.07, 6.45) is -10.9. The van der Waals surface area contributed by atoms with Gasteiger partial charge in [0.1, 0.15) is 12.4 Å². The topological polar surface area (TPSA) is 151 Å². The van der Waals surface area contributed by atoms with Gasteiger partial charge >= 0.3 is 30.5 Å². The van der Waals surface area contributed by atoms with E-state index in [-0.39, 0.29) is 13.0 Å². The lowest BCUT2D eigenvalue weighted by Gasteiger charge is -2.15. The van der Waals surface area contributed by atoms with Gasteiger partial charge in [-0.3, -0.25) is 10.1 Å². The molecular formula is C27H23F9N4O5. The quantitative estimate of drug-likeness (QED) is 0.180. The SMILES string of the molecule is Cc1[nH]nc2ccc(-c3cncc(OC[C@@H](N)Cc4cccc(C(F)(F)F)c4)c3)cc12.O=C(O)C(F)(F)F.O=C(O)C(F)(F)F. The largest absolute Gasteiger partial charge is 0.490 e. The van der Waals surface area contributed by atoms with Gasteiger partial charge in [-0.05, 0) is 48.7 Å². The lowest BCUT2D eigenvalue weighted by atomic mass is 10.0. The number of aromatic nitrogens is 3. The first-order chi connectivity index (χ1) is 20.7. The molecule has 0 bridgehead atoms. The predicted molar refractivity (Wildman–Crippen MR) is 140 cm³/mol. The van der Waals surface area contributed by atoms with Gasteiger partial charge in [0.15, 0.2) is 0 Å². The van der Waals surface area contributed by atoms with Gasteiger partial charge in [0.05, 0.1) is 17.3 Å². The standard InChI is InChI=1S/C23H21F3N4O.2C2HF3O2/c1-14-21-10-16(5-6-22(21)30-29-14)17-9-20(12-28-11-17)31-13-19(27)8-15-3-2-4-18(7-15)23(24,25)26;2*3-2(4,5)1(6)7/h2-7,9-12,19H,8,13,27H2,1H3,(H,29,30);2*(H,6,7)/t19-;;/m0../s1.